The second kappa shape index (κ2) is 9.49. The Balaban J connectivity index is 1.46. The molecule has 0 aliphatic heterocycles. The molecule has 0 unspecified atom stereocenters. The van der Waals surface area contributed by atoms with Crippen molar-refractivity contribution in [3.8, 4) is 5.75 Å². The number of hydrogen-bond donors (Lipinski definition) is 2. The van der Waals surface area contributed by atoms with Crippen LogP contribution < -0.4 is 15.4 Å². The van der Waals surface area contributed by atoms with Gasteiger partial charge in [0, 0.05) is 5.69 Å². The molecular formula is C16H10BrF3N4O4S2. The van der Waals surface area contributed by atoms with Gasteiger partial charge in [-0.15, -0.1) is 23.4 Å². The van der Waals surface area contributed by atoms with Crippen LogP contribution in [0.4, 0.5) is 24.0 Å². The molecule has 14 heteroatoms. The van der Waals surface area contributed by atoms with Gasteiger partial charge in [-0.3, -0.25) is 14.9 Å². The van der Waals surface area contributed by atoms with E-state index in [-0.39, 0.29) is 22.4 Å². The molecule has 30 heavy (non-hydrogen) atoms. The molecule has 0 aliphatic rings. The monoisotopic (exact) mass is 522 g/mol. The number of nitrogens with one attached hydrogen (secondary N) is 2. The number of halogens is 4. The van der Waals surface area contributed by atoms with Crippen LogP contribution in [0.2, 0.25) is 0 Å². The largest absolute Gasteiger partial charge is 0.573 e. The SMILES string of the molecule is O=C(CSc1nnc(NC(=O)c2ccc(Br)o2)s1)Nc1ccc(OC(F)(F)F)cc1. The Bertz CT molecular complexity index is 1040. The van der Waals surface area contributed by atoms with Gasteiger partial charge in [0.05, 0.1) is 5.75 Å². The van der Waals surface area contributed by atoms with Gasteiger partial charge in [0.2, 0.25) is 11.0 Å². The quantitative estimate of drug-likeness (QED) is 0.339. The summed E-state index contributed by atoms with van der Waals surface area (Å²) in [5, 5.41) is 13.0. The zero-order valence-corrected chi connectivity index (χ0v) is 17.7. The summed E-state index contributed by atoms with van der Waals surface area (Å²) in [6, 6.07) is 7.82. The molecule has 2 heterocycles. The minimum atomic E-state index is -4.78. The van der Waals surface area contributed by atoms with E-state index in [4.69, 9.17) is 4.42 Å². The highest BCUT2D eigenvalue weighted by Crippen LogP contribution is 2.27. The van der Waals surface area contributed by atoms with Crippen molar-refractivity contribution >= 4 is 61.7 Å². The summed E-state index contributed by atoms with van der Waals surface area (Å²) in [6.45, 7) is 0. The molecule has 3 aromatic rings. The van der Waals surface area contributed by atoms with E-state index in [9.17, 15) is 22.8 Å². The van der Waals surface area contributed by atoms with Crippen molar-refractivity contribution in [2.45, 2.75) is 10.7 Å². The molecule has 0 bridgehead atoms. The third-order valence-corrected chi connectivity index (χ3v) is 5.52. The molecule has 3 rings (SSSR count). The number of anilines is 2. The number of rotatable bonds is 7. The average molecular weight is 523 g/mol. The molecule has 0 saturated heterocycles. The van der Waals surface area contributed by atoms with Crippen LogP contribution in [0.25, 0.3) is 0 Å². The Morgan fingerprint density at radius 2 is 1.87 bits per heavy atom. The van der Waals surface area contributed by atoms with E-state index < -0.39 is 18.2 Å². The number of amides is 2. The first kappa shape index (κ1) is 22.1. The summed E-state index contributed by atoms with van der Waals surface area (Å²) in [5.41, 5.74) is 0.310. The van der Waals surface area contributed by atoms with Gasteiger partial charge in [-0.25, -0.2) is 0 Å². The first-order chi connectivity index (χ1) is 14.2. The molecular weight excluding hydrogens is 513 g/mol. The maximum Gasteiger partial charge on any atom is 0.573 e. The second-order valence-corrected chi connectivity index (χ2v) is 8.32. The van der Waals surface area contributed by atoms with E-state index in [1.165, 1.54) is 18.2 Å². The topological polar surface area (TPSA) is 106 Å². The van der Waals surface area contributed by atoms with Gasteiger partial charge < -0.3 is 14.5 Å². The predicted octanol–water partition coefficient (Wildman–Crippen LogP) is 4.78. The van der Waals surface area contributed by atoms with E-state index in [0.717, 1.165) is 35.2 Å². The van der Waals surface area contributed by atoms with Crippen LogP contribution in [0.5, 0.6) is 5.75 Å². The van der Waals surface area contributed by atoms with Crippen LogP contribution in [-0.4, -0.2) is 34.1 Å². The summed E-state index contributed by atoms with van der Waals surface area (Å²) in [7, 11) is 0. The molecule has 2 aromatic heterocycles. The lowest BCUT2D eigenvalue weighted by atomic mass is 10.3. The van der Waals surface area contributed by atoms with E-state index >= 15 is 0 Å². The Hall–Kier alpha value is -2.58. The highest BCUT2D eigenvalue weighted by molar-refractivity contribution is 9.10. The number of carbonyl (C=O) groups is 2. The number of nitrogens with zero attached hydrogens (tertiary/aromatic N) is 2. The minimum absolute atomic E-state index is 0.0193. The van der Waals surface area contributed by atoms with Gasteiger partial charge in [0.1, 0.15) is 5.75 Å². The maximum absolute atomic E-state index is 12.1. The fourth-order valence-electron chi connectivity index (χ4n) is 1.98. The molecule has 0 aliphatic carbocycles. The molecule has 0 saturated carbocycles. The van der Waals surface area contributed by atoms with Crippen molar-refractivity contribution in [3.05, 3.63) is 46.8 Å². The van der Waals surface area contributed by atoms with Crippen LogP contribution in [0.3, 0.4) is 0 Å². The van der Waals surface area contributed by atoms with Gasteiger partial charge in [0.15, 0.2) is 14.8 Å². The van der Waals surface area contributed by atoms with E-state index in [1.54, 1.807) is 6.07 Å². The number of furan rings is 1. The Labute approximate surface area is 183 Å². The van der Waals surface area contributed by atoms with Crippen LogP contribution in [0.15, 0.2) is 49.8 Å². The number of benzene rings is 1. The minimum Gasteiger partial charge on any atom is -0.444 e. The van der Waals surface area contributed by atoms with Crippen LogP contribution in [0, 0.1) is 0 Å². The lowest BCUT2D eigenvalue weighted by Gasteiger charge is -2.09. The number of ether oxygens (including phenoxy) is 1. The molecule has 0 radical (unpaired) electrons. The van der Waals surface area contributed by atoms with Crippen molar-refractivity contribution in [2.24, 2.45) is 0 Å². The lowest BCUT2D eigenvalue weighted by Crippen LogP contribution is -2.17. The van der Waals surface area contributed by atoms with Crippen LogP contribution in [-0.2, 0) is 4.79 Å². The summed E-state index contributed by atoms with van der Waals surface area (Å²) >= 11 is 5.25. The van der Waals surface area contributed by atoms with Crippen molar-refractivity contribution in [2.75, 3.05) is 16.4 Å². The second-order valence-electron chi connectivity index (χ2n) is 5.34. The van der Waals surface area contributed by atoms with Crippen molar-refractivity contribution in [3.63, 3.8) is 0 Å². The average Bonchev–Trinajstić information content (AvgIpc) is 3.29. The molecule has 2 amide bonds. The van der Waals surface area contributed by atoms with E-state index in [0.29, 0.717) is 14.7 Å². The van der Waals surface area contributed by atoms with Crippen LogP contribution in [0.1, 0.15) is 10.6 Å². The third-order valence-electron chi connectivity index (χ3n) is 3.12. The molecule has 8 nitrogen and oxygen atoms in total. The Kier molecular flexibility index (Phi) is 6.99. The van der Waals surface area contributed by atoms with Gasteiger partial charge in [-0.1, -0.05) is 23.1 Å². The lowest BCUT2D eigenvalue weighted by molar-refractivity contribution is -0.274. The normalized spacial score (nSPS) is 11.2. The zero-order valence-electron chi connectivity index (χ0n) is 14.5. The molecule has 1 aromatic carbocycles. The predicted molar refractivity (Wildman–Crippen MR) is 107 cm³/mol. The number of thioether (sulfide) groups is 1. The van der Waals surface area contributed by atoms with Crippen molar-refractivity contribution in [1.82, 2.24) is 10.2 Å². The Morgan fingerprint density at radius 1 is 1.13 bits per heavy atom. The highest BCUT2D eigenvalue weighted by Gasteiger charge is 2.31. The Morgan fingerprint density at radius 3 is 2.50 bits per heavy atom. The zero-order chi connectivity index (χ0) is 21.7. The molecule has 0 spiro atoms. The summed E-state index contributed by atoms with van der Waals surface area (Å²) in [4.78, 5) is 24.0. The molecule has 0 fully saturated rings. The van der Waals surface area contributed by atoms with E-state index in [1.807, 2.05) is 0 Å². The molecule has 0 atom stereocenters. The number of hydrogen-bond acceptors (Lipinski definition) is 8. The third kappa shape index (κ3) is 6.74. The van der Waals surface area contributed by atoms with Gasteiger partial charge in [-0.2, -0.15) is 0 Å². The van der Waals surface area contributed by atoms with Crippen molar-refractivity contribution in [1.29, 1.82) is 0 Å². The van der Waals surface area contributed by atoms with Gasteiger partial charge in [-0.05, 0) is 52.3 Å². The fraction of sp³-hybridized carbons (Fsp3) is 0.125. The number of carbonyl (C=O) groups excluding carboxylic acids is 2. The molecule has 158 valence electrons. The smallest absolute Gasteiger partial charge is 0.444 e. The summed E-state index contributed by atoms with van der Waals surface area (Å²) in [6.07, 6.45) is -4.78. The molecule has 2 N–H and O–H groups in total. The van der Waals surface area contributed by atoms with Gasteiger partial charge >= 0.3 is 6.36 Å². The van der Waals surface area contributed by atoms with Crippen molar-refractivity contribution < 1.29 is 31.9 Å². The number of alkyl halides is 3. The number of aromatic nitrogens is 2. The first-order valence-corrected chi connectivity index (χ1v) is 10.5. The summed E-state index contributed by atoms with van der Waals surface area (Å²) < 4.78 is 46.2. The summed E-state index contributed by atoms with van der Waals surface area (Å²) in [5.74, 6) is -1.21. The van der Waals surface area contributed by atoms with E-state index in [2.05, 4.69) is 41.5 Å². The van der Waals surface area contributed by atoms with Crippen LogP contribution >= 0.6 is 39.0 Å². The maximum atomic E-state index is 12.1. The first-order valence-electron chi connectivity index (χ1n) is 7.86. The van der Waals surface area contributed by atoms with Gasteiger partial charge in [0.25, 0.3) is 5.91 Å². The standard InChI is InChI=1S/C16H10BrF3N4O4S2/c17-11-6-5-10(27-11)13(26)22-14-23-24-15(30-14)29-7-12(25)21-8-1-3-9(4-2-8)28-16(18,19)20/h1-6H,7H2,(H,21,25)(H,22,23,26). The highest BCUT2D eigenvalue weighted by atomic mass is 79.9. The fourth-order valence-corrected chi connectivity index (χ4v) is 3.83.